The van der Waals surface area contributed by atoms with Gasteiger partial charge in [-0.15, -0.1) is 0 Å². The maximum atomic E-state index is 13.0. The molecule has 1 fully saturated rings. The van der Waals surface area contributed by atoms with Crippen molar-refractivity contribution in [1.29, 1.82) is 0 Å². The van der Waals surface area contributed by atoms with Gasteiger partial charge in [-0.3, -0.25) is 0 Å². The Morgan fingerprint density at radius 2 is 1.68 bits per heavy atom. The summed E-state index contributed by atoms with van der Waals surface area (Å²) in [6, 6.07) is 16.5. The van der Waals surface area contributed by atoms with E-state index in [1.165, 1.54) is 24.3 Å². The van der Waals surface area contributed by atoms with Gasteiger partial charge in [0.1, 0.15) is 6.23 Å². The second kappa shape index (κ2) is 9.45. The summed E-state index contributed by atoms with van der Waals surface area (Å²) >= 11 is 0. The Balaban J connectivity index is 1.62. The van der Waals surface area contributed by atoms with Gasteiger partial charge in [0.15, 0.2) is 0 Å². The molecule has 4 rings (SSSR count). The third kappa shape index (κ3) is 5.56. The molecule has 3 aromatic carbocycles. The van der Waals surface area contributed by atoms with E-state index in [4.69, 9.17) is 4.74 Å². The lowest BCUT2D eigenvalue weighted by Crippen LogP contribution is -2.43. The molecule has 1 aliphatic rings. The van der Waals surface area contributed by atoms with Crippen molar-refractivity contribution in [2.45, 2.75) is 23.7 Å². The highest BCUT2D eigenvalue weighted by Crippen LogP contribution is 2.32. The van der Waals surface area contributed by atoms with Crippen LogP contribution in [0.2, 0.25) is 0 Å². The quantitative estimate of drug-likeness (QED) is 0.450. The SMILES string of the molecule is O=C(Nc1cccc(C(F)(F)F)c1)Nc1cc(S(=O)(=O)NC2CCO2)ccc1-c1ccccc1. The molecule has 0 bridgehead atoms. The summed E-state index contributed by atoms with van der Waals surface area (Å²) < 4.78 is 71.9. The molecular formula is C23H20F3N3O4S. The molecule has 0 saturated carbocycles. The first-order valence-corrected chi connectivity index (χ1v) is 11.7. The van der Waals surface area contributed by atoms with Gasteiger partial charge < -0.3 is 15.4 Å². The number of hydrogen-bond acceptors (Lipinski definition) is 4. The largest absolute Gasteiger partial charge is 0.416 e. The van der Waals surface area contributed by atoms with Crippen LogP contribution in [0, 0.1) is 0 Å². The maximum absolute atomic E-state index is 13.0. The zero-order valence-electron chi connectivity index (χ0n) is 17.6. The number of carbonyl (C=O) groups is 1. The molecule has 2 amide bonds. The highest BCUT2D eigenvalue weighted by atomic mass is 32.2. The molecule has 11 heteroatoms. The molecule has 3 aromatic rings. The number of alkyl halides is 3. The lowest BCUT2D eigenvalue weighted by atomic mass is 10.0. The number of nitrogens with one attached hydrogen (secondary N) is 3. The van der Waals surface area contributed by atoms with Crippen molar-refractivity contribution in [3.63, 3.8) is 0 Å². The number of benzene rings is 3. The normalized spacial score (nSPS) is 15.9. The zero-order valence-corrected chi connectivity index (χ0v) is 18.4. The minimum atomic E-state index is -4.56. The number of anilines is 2. The molecule has 7 nitrogen and oxygen atoms in total. The highest BCUT2D eigenvalue weighted by Gasteiger charge is 2.30. The Morgan fingerprint density at radius 3 is 2.32 bits per heavy atom. The molecule has 0 spiro atoms. The lowest BCUT2D eigenvalue weighted by molar-refractivity contribution is -0.137. The van der Waals surface area contributed by atoms with Crippen molar-refractivity contribution in [1.82, 2.24) is 4.72 Å². The molecule has 34 heavy (non-hydrogen) atoms. The minimum absolute atomic E-state index is 0.0684. The summed E-state index contributed by atoms with van der Waals surface area (Å²) in [7, 11) is -3.93. The Bertz CT molecular complexity index is 1290. The van der Waals surface area contributed by atoms with Gasteiger partial charge in [-0.2, -0.15) is 17.9 Å². The summed E-state index contributed by atoms with van der Waals surface area (Å²) in [4.78, 5) is 12.5. The number of halogens is 3. The average Bonchev–Trinajstić information content (AvgIpc) is 2.76. The molecule has 1 unspecified atom stereocenters. The average molecular weight is 491 g/mol. The van der Waals surface area contributed by atoms with E-state index in [1.54, 1.807) is 36.4 Å². The van der Waals surface area contributed by atoms with Crippen LogP contribution in [0.3, 0.4) is 0 Å². The smallest absolute Gasteiger partial charge is 0.362 e. The number of ether oxygens (including phenoxy) is 1. The summed E-state index contributed by atoms with van der Waals surface area (Å²) in [5.74, 6) is 0. The van der Waals surface area contributed by atoms with Crippen LogP contribution >= 0.6 is 0 Å². The van der Waals surface area contributed by atoms with Gasteiger partial charge in [0.2, 0.25) is 10.0 Å². The van der Waals surface area contributed by atoms with E-state index in [0.29, 0.717) is 24.2 Å². The number of carbonyl (C=O) groups excluding carboxylic acids is 1. The molecule has 1 saturated heterocycles. The van der Waals surface area contributed by atoms with Crippen molar-refractivity contribution in [2.24, 2.45) is 0 Å². The summed E-state index contributed by atoms with van der Waals surface area (Å²) in [6.07, 6.45) is -4.63. The molecule has 178 valence electrons. The first-order valence-electron chi connectivity index (χ1n) is 10.2. The van der Waals surface area contributed by atoms with Crippen molar-refractivity contribution in [2.75, 3.05) is 17.2 Å². The highest BCUT2D eigenvalue weighted by molar-refractivity contribution is 7.89. The predicted octanol–water partition coefficient (Wildman–Crippen LogP) is 5.04. The molecule has 1 aliphatic heterocycles. The van der Waals surface area contributed by atoms with Gasteiger partial charge in [-0.05, 0) is 35.9 Å². The maximum Gasteiger partial charge on any atom is 0.416 e. The lowest BCUT2D eigenvalue weighted by Gasteiger charge is -2.27. The molecule has 3 N–H and O–H groups in total. The van der Waals surface area contributed by atoms with Gasteiger partial charge in [-0.25, -0.2) is 13.2 Å². The van der Waals surface area contributed by atoms with Crippen LogP contribution < -0.4 is 15.4 Å². The van der Waals surface area contributed by atoms with Crippen molar-refractivity contribution >= 4 is 27.4 Å². The number of amides is 2. The topological polar surface area (TPSA) is 96.5 Å². The summed E-state index contributed by atoms with van der Waals surface area (Å²) in [5.41, 5.74) is 0.414. The number of sulfonamides is 1. The van der Waals surface area contributed by atoms with E-state index >= 15 is 0 Å². The van der Waals surface area contributed by atoms with E-state index in [2.05, 4.69) is 15.4 Å². The monoisotopic (exact) mass is 491 g/mol. The second-order valence-corrected chi connectivity index (χ2v) is 9.21. The predicted molar refractivity (Wildman–Crippen MR) is 121 cm³/mol. The van der Waals surface area contributed by atoms with E-state index in [9.17, 15) is 26.4 Å². The van der Waals surface area contributed by atoms with Gasteiger partial charge in [0, 0.05) is 17.7 Å². The fraction of sp³-hybridized carbons (Fsp3) is 0.174. The third-order valence-corrected chi connectivity index (χ3v) is 6.52. The van der Waals surface area contributed by atoms with Crippen LogP contribution in [-0.4, -0.2) is 27.3 Å². The number of urea groups is 1. The first kappa shape index (κ1) is 23.7. The van der Waals surface area contributed by atoms with Crippen LogP contribution in [0.1, 0.15) is 12.0 Å². The number of rotatable bonds is 6. The Labute approximate surface area is 194 Å². The molecular weight excluding hydrogens is 471 g/mol. The Kier molecular flexibility index (Phi) is 6.60. The van der Waals surface area contributed by atoms with Crippen LogP contribution in [0.15, 0.2) is 77.7 Å². The van der Waals surface area contributed by atoms with Gasteiger partial charge in [0.25, 0.3) is 0 Å². The summed E-state index contributed by atoms with van der Waals surface area (Å²) in [5, 5.41) is 4.91. The van der Waals surface area contributed by atoms with Crippen LogP contribution in [0.25, 0.3) is 11.1 Å². The molecule has 0 aliphatic carbocycles. The molecule has 0 aromatic heterocycles. The van der Waals surface area contributed by atoms with Gasteiger partial charge in [0.05, 0.1) is 22.8 Å². The Morgan fingerprint density at radius 1 is 0.941 bits per heavy atom. The third-order valence-electron chi connectivity index (χ3n) is 5.07. The van der Waals surface area contributed by atoms with Crippen LogP contribution in [0.5, 0.6) is 0 Å². The molecule has 1 atom stereocenters. The zero-order chi connectivity index (χ0) is 24.3. The van der Waals surface area contributed by atoms with E-state index < -0.39 is 34.0 Å². The molecule has 0 radical (unpaired) electrons. The Hall–Kier alpha value is -3.41. The van der Waals surface area contributed by atoms with Crippen molar-refractivity contribution < 1.29 is 31.1 Å². The van der Waals surface area contributed by atoms with Crippen LogP contribution in [-0.2, 0) is 20.9 Å². The standard InChI is InChI=1S/C23H20F3N3O4S/c24-23(25,26)16-7-4-8-17(13-16)27-22(30)28-20-14-18(34(31,32)29-21-11-12-33-21)9-10-19(20)15-5-2-1-3-6-15/h1-10,13-14,21,29H,11-12H2,(H2,27,28,30). The fourth-order valence-corrected chi connectivity index (χ4v) is 4.48. The van der Waals surface area contributed by atoms with Crippen LogP contribution in [0.4, 0.5) is 29.3 Å². The fourth-order valence-electron chi connectivity index (χ4n) is 3.29. The van der Waals surface area contributed by atoms with E-state index in [1.807, 2.05) is 0 Å². The summed E-state index contributed by atoms with van der Waals surface area (Å²) in [6.45, 7) is 0.461. The second-order valence-electron chi connectivity index (χ2n) is 7.50. The van der Waals surface area contributed by atoms with E-state index in [0.717, 1.165) is 12.1 Å². The van der Waals surface area contributed by atoms with Gasteiger partial charge in [-0.1, -0.05) is 42.5 Å². The van der Waals surface area contributed by atoms with Gasteiger partial charge >= 0.3 is 12.2 Å². The minimum Gasteiger partial charge on any atom is -0.362 e. The van der Waals surface area contributed by atoms with E-state index in [-0.39, 0.29) is 16.3 Å². The van der Waals surface area contributed by atoms with Crippen molar-refractivity contribution in [3.05, 3.63) is 78.4 Å². The molecule has 1 heterocycles. The van der Waals surface area contributed by atoms with Crippen molar-refractivity contribution in [3.8, 4) is 11.1 Å². The first-order chi connectivity index (χ1) is 16.1. The number of hydrogen-bond donors (Lipinski definition) is 3.